The SMILES string of the molecule is COc1cc(N=Nc2ccc([N+](=O)[O-])cc2OCCOC(C)=O)c(OC)cc1N=Nc1ccc(N(CCOC(C)=O)CCOC(C)=O)cc1. The summed E-state index contributed by atoms with van der Waals surface area (Å²) >= 11 is 0. The molecular formula is C32H36N6O11. The lowest BCUT2D eigenvalue weighted by Crippen LogP contribution is -2.31. The first-order chi connectivity index (χ1) is 23.5. The average Bonchev–Trinajstić information content (AvgIpc) is 3.07. The molecule has 0 aliphatic carbocycles. The van der Waals surface area contributed by atoms with Gasteiger partial charge in [0.1, 0.15) is 55.0 Å². The number of anilines is 1. The first-order valence-electron chi connectivity index (χ1n) is 14.8. The number of ether oxygens (including phenoxy) is 6. The number of non-ortho nitro benzene ring substituents is 1. The van der Waals surface area contributed by atoms with E-state index >= 15 is 0 Å². The molecule has 0 aromatic heterocycles. The van der Waals surface area contributed by atoms with Gasteiger partial charge in [0.15, 0.2) is 5.75 Å². The molecular weight excluding hydrogens is 644 g/mol. The third-order valence-corrected chi connectivity index (χ3v) is 6.37. The maximum absolute atomic E-state index is 11.3. The molecule has 0 heterocycles. The van der Waals surface area contributed by atoms with Crippen molar-refractivity contribution in [1.29, 1.82) is 0 Å². The van der Waals surface area contributed by atoms with Crippen molar-refractivity contribution in [3.05, 3.63) is 64.7 Å². The zero-order valence-corrected chi connectivity index (χ0v) is 27.6. The summed E-state index contributed by atoms with van der Waals surface area (Å²) in [6.07, 6.45) is 0. The molecule has 17 heteroatoms. The van der Waals surface area contributed by atoms with E-state index in [4.69, 9.17) is 28.4 Å². The topological polar surface area (TPSA) is 202 Å². The Hall–Kier alpha value is -6.13. The number of esters is 3. The largest absolute Gasteiger partial charge is 0.494 e. The number of hydrogen-bond donors (Lipinski definition) is 0. The van der Waals surface area contributed by atoms with Gasteiger partial charge in [-0.05, 0) is 30.3 Å². The summed E-state index contributed by atoms with van der Waals surface area (Å²) in [5, 5.41) is 28.4. The van der Waals surface area contributed by atoms with Crippen molar-refractivity contribution in [3.63, 3.8) is 0 Å². The summed E-state index contributed by atoms with van der Waals surface area (Å²) in [5.74, 6) is -0.629. The Labute approximate surface area is 281 Å². The molecule has 0 N–H and O–H groups in total. The van der Waals surface area contributed by atoms with Crippen LogP contribution in [0.3, 0.4) is 0 Å². The molecule has 260 valence electrons. The van der Waals surface area contributed by atoms with Crippen LogP contribution in [0.25, 0.3) is 0 Å². The molecule has 0 fully saturated rings. The van der Waals surface area contributed by atoms with Gasteiger partial charge in [-0.2, -0.15) is 5.11 Å². The summed E-state index contributed by atoms with van der Waals surface area (Å²) in [6, 6.07) is 14.0. The molecule has 0 saturated heterocycles. The minimum Gasteiger partial charge on any atom is -0.494 e. The fourth-order valence-electron chi connectivity index (χ4n) is 4.09. The average molecular weight is 681 g/mol. The Morgan fingerprint density at radius 3 is 1.67 bits per heavy atom. The highest BCUT2D eigenvalue weighted by atomic mass is 16.6. The number of azo groups is 2. The van der Waals surface area contributed by atoms with E-state index in [1.165, 1.54) is 59.3 Å². The fraction of sp³-hybridized carbons (Fsp3) is 0.344. The minimum absolute atomic E-state index is 0.0596. The summed E-state index contributed by atoms with van der Waals surface area (Å²) in [7, 11) is 2.88. The number of nitro groups is 1. The number of carbonyl (C=O) groups excluding carboxylic acids is 3. The number of hydrogen-bond acceptors (Lipinski definition) is 16. The fourth-order valence-corrected chi connectivity index (χ4v) is 4.09. The number of nitrogens with zero attached hydrogens (tertiary/aromatic N) is 6. The van der Waals surface area contributed by atoms with Crippen LogP contribution in [0.4, 0.5) is 34.1 Å². The van der Waals surface area contributed by atoms with E-state index in [0.29, 0.717) is 30.2 Å². The second kappa shape index (κ2) is 18.9. The molecule has 0 unspecified atom stereocenters. The predicted molar refractivity (Wildman–Crippen MR) is 175 cm³/mol. The quantitative estimate of drug-likeness (QED) is 0.0362. The third-order valence-electron chi connectivity index (χ3n) is 6.37. The van der Waals surface area contributed by atoms with Gasteiger partial charge in [-0.25, -0.2) is 0 Å². The zero-order chi connectivity index (χ0) is 35.8. The molecule has 0 atom stereocenters. The second-order valence-electron chi connectivity index (χ2n) is 9.88. The molecule has 0 radical (unpaired) electrons. The maximum atomic E-state index is 11.3. The van der Waals surface area contributed by atoms with E-state index in [9.17, 15) is 24.5 Å². The van der Waals surface area contributed by atoms with Crippen molar-refractivity contribution in [3.8, 4) is 17.2 Å². The van der Waals surface area contributed by atoms with Crippen LogP contribution in [-0.4, -0.2) is 76.6 Å². The van der Waals surface area contributed by atoms with Crippen LogP contribution in [0.2, 0.25) is 0 Å². The van der Waals surface area contributed by atoms with Crippen molar-refractivity contribution < 1.29 is 47.7 Å². The van der Waals surface area contributed by atoms with E-state index in [0.717, 1.165) is 5.69 Å². The number of rotatable bonds is 18. The van der Waals surface area contributed by atoms with Crippen LogP contribution in [0.15, 0.2) is 75.1 Å². The monoisotopic (exact) mass is 680 g/mol. The van der Waals surface area contributed by atoms with Crippen LogP contribution in [0.1, 0.15) is 20.8 Å². The van der Waals surface area contributed by atoms with Crippen LogP contribution < -0.4 is 19.1 Å². The van der Waals surface area contributed by atoms with Gasteiger partial charge >= 0.3 is 17.9 Å². The van der Waals surface area contributed by atoms with Crippen LogP contribution in [0.5, 0.6) is 17.2 Å². The highest BCUT2D eigenvalue weighted by Gasteiger charge is 2.15. The van der Waals surface area contributed by atoms with Gasteiger partial charge in [-0.1, -0.05) is 0 Å². The highest BCUT2D eigenvalue weighted by Crippen LogP contribution is 2.42. The highest BCUT2D eigenvalue weighted by molar-refractivity contribution is 5.68. The summed E-state index contributed by atoms with van der Waals surface area (Å²) in [5.41, 5.74) is 1.86. The second-order valence-corrected chi connectivity index (χ2v) is 9.88. The van der Waals surface area contributed by atoms with Gasteiger partial charge in [0.05, 0.1) is 44.0 Å². The van der Waals surface area contributed by atoms with E-state index in [-0.39, 0.29) is 55.0 Å². The molecule has 3 rings (SSSR count). The molecule has 0 aliphatic rings. The lowest BCUT2D eigenvalue weighted by molar-refractivity contribution is -0.384. The Balaban J connectivity index is 1.81. The standard InChI is InChI=1S/C32H36N6O11/c1-21(39)46-14-12-37(13-15-47-22(2)40)25-8-6-24(7-9-25)33-35-28-19-31(45-5)29(20-30(28)44-4)36-34-27-11-10-26(38(42)43)18-32(27)49-17-16-48-23(3)41/h6-11,18-20H,12-17H2,1-5H3. The molecule has 0 amide bonds. The maximum Gasteiger partial charge on any atom is 0.302 e. The lowest BCUT2D eigenvalue weighted by Gasteiger charge is -2.24. The first-order valence-corrected chi connectivity index (χ1v) is 14.8. The van der Waals surface area contributed by atoms with Crippen molar-refractivity contribution in [2.24, 2.45) is 20.5 Å². The van der Waals surface area contributed by atoms with Crippen molar-refractivity contribution in [1.82, 2.24) is 0 Å². The Morgan fingerprint density at radius 1 is 0.653 bits per heavy atom. The Kier molecular flexibility index (Phi) is 14.4. The molecule has 49 heavy (non-hydrogen) atoms. The van der Waals surface area contributed by atoms with Crippen molar-refractivity contribution in [2.45, 2.75) is 20.8 Å². The Bertz CT molecular complexity index is 1660. The molecule has 0 saturated carbocycles. The van der Waals surface area contributed by atoms with E-state index in [1.807, 2.05) is 17.0 Å². The lowest BCUT2D eigenvalue weighted by atomic mass is 10.2. The van der Waals surface area contributed by atoms with Gasteiger partial charge in [0, 0.05) is 44.7 Å². The summed E-state index contributed by atoms with van der Waals surface area (Å²) in [6.45, 7) is 4.88. The summed E-state index contributed by atoms with van der Waals surface area (Å²) in [4.78, 5) is 46.1. The number of nitro benzene ring substituents is 1. The molecule has 0 spiro atoms. The van der Waals surface area contributed by atoms with Crippen LogP contribution >= 0.6 is 0 Å². The number of methoxy groups -OCH3 is 2. The Morgan fingerprint density at radius 2 is 1.16 bits per heavy atom. The van der Waals surface area contributed by atoms with Crippen molar-refractivity contribution >= 4 is 52.0 Å². The minimum atomic E-state index is -0.577. The number of benzene rings is 3. The molecule has 17 nitrogen and oxygen atoms in total. The van der Waals surface area contributed by atoms with Gasteiger partial charge in [-0.3, -0.25) is 24.5 Å². The van der Waals surface area contributed by atoms with Gasteiger partial charge in [-0.15, -0.1) is 15.3 Å². The van der Waals surface area contributed by atoms with Gasteiger partial charge < -0.3 is 33.3 Å². The van der Waals surface area contributed by atoms with Crippen LogP contribution in [0, 0.1) is 10.1 Å². The number of carbonyl (C=O) groups is 3. The molecule has 0 bridgehead atoms. The van der Waals surface area contributed by atoms with E-state index in [1.54, 1.807) is 18.2 Å². The molecule has 3 aromatic carbocycles. The first kappa shape index (κ1) is 37.3. The van der Waals surface area contributed by atoms with E-state index < -0.39 is 22.8 Å². The predicted octanol–water partition coefficient (Wildman–Crippen LogP) is 6.32. The third kappa shape index (κ3) is 12.2. The zero-order valence-electron chi connectivity index (χ0n) is 27.6. The summed E-state index contributed by atoms with van der Waals surface area (Å²) < 4.78 is 31.6. The van der Waals surface area contributed by atoms with Gasteiger partial charge in [0.25, 0.3) is 5.69 Å². The normalized spacial score (nSPS) is 10.9. The molecule has 0 aliphatic heterocycles. The van der Waals surface area contributed by atoms with Gasteiger partial charge in [0.2, 0.25) is 0 Å². The van der Waals surface area contributed by atoms with E-state index in [2.05, 4.69) is 20.5 Å². The van der Waals surface area contributed by atoms with Crippen molar-refractivity contribution in [2.75, 3.05) is 58.6 Å². The molecule has 3 aromatic rings. The van der Waals surface area contributed by atoms with Crippen LogP contribution in [-0.2, 0) is 28.6 Å². The smallest absolute Gasteiger partial charge is 0.302 e.